The third kappa shape index (κ3) is 30.7. The van der Waals surface area contributed by atoms with Crippen molar-refractivity contribution in [1.29, 1.82) is 0 Å². The molecule has 8 nitrogen and oxygen atoms in total. The molecule has 2 unspecified atom stereocenters. The number of aliphatic hydroxyl groups is 1. The summed E-state index contributed by atoms with van der Waals surface area (Å²) in [5, 5.41) is 19.2. The van der Waals surface area contributed by atoms with Crippen molar-refractivity contribution in [1.82, 2.24) is 0 Å². The quantitative estimate of drug-likeness (QED) is 0.0318. The average Bonchev–Trinajstić information content (AvgIpc) is 2.97. The van der Waals surface area contributed by atoms with Gasteiger partial charge < -0.3 is 28.9 Å². The van der Waals surface area contributed by atoms with Gasteiger partial charge in [0.05, 0.1) is 34.4 Å². The minimum atomic E-state index is -1.47. The lowest BCUT2D eigenvalue weighted by Crippen LogP contribution is -2.40. The summed E-state index contributed by atoms with van der Waals surface area (Å²) in [5.41, 5.74) is 0. The maximum absolute atomic E-state index is 11.9. The molecule has 0 heterocycles. The summed E-state index contributed by atoms with van der Waals surface area (Å²) >= 11 is 0. The summed E-state index contributed by atoms with van der Waals surface area (Å²) < 4.78 is 16.1. The van der Waals surface area contributed by atoms with Crippen molar-refractivity contribution in [2.75, 3.05) is 47.5 Å². The van der Waals surface area contributed by atoms with Crippen LogP contribution >= 0.6 is 0 Å². The Morgan fingerprint density at radius 3 is 1.68 bits per heavy atom. The number of carboxylic acid groups (broad SMARTS) is 1. The van der Waals surface area contributed by atoms with Crippen LogP contribution in [0.4, 0.5) is 0 Å². The van der Waals surface area contributed by atoms with Crippen molar-refractivity contribution < 1.29 is 38.5 Å². The van der Waals surface area contributed by atoms with Gasteiger partial charge in [0.15, 0.2) is 0 Å². The topological polar surface area (TPSA) is 102 Å². The van der Waals surface area contributed by atoms with Crippen LogP contribution in [0.3, 0.4) is 0 Å². The normalized spacial score (nSPS) is 14.3. The van der Waals surface area contributed by atoms with Crippen LogP contribution in [-0.4, -0.2) is 86.5 Å². The van der Waals surface area contributed by atoms with Gasteiger partial charge in [-0.2, -0.15) is 0 Å². The number of unbranched alkanes of at least 4 members (excludes halogenated alkanes) is 4. The number of aliphatic hydroxyl groups excluding tert-OH is 1. The summed E-state index contributed by atoms with van der Waals surface area (Å²) in [4.78, 5) is 23.2. The fourth-order valence-corrected chi connectivity index (χ4v) is 3.66. The summed E-state index contributed by atoms with van der Waals surface area (Å²) in [5.74, 6) is -1.65. The van der Waals surface area contributed by atoms with E-state index in [1.807, 2.05) is 21.1 Å². The van der Waals surface area contributed by atoms with E-state index in [2.05, 4.69) is 79.8 Å². The van der Waals surface area contributed by atoms with E-state index < -0.39 is 18.4 Å². The van der Waals surface area contributed by atoms with E-state index in [9.17, 15) is 19.8 Å². The SMILES string of the molecule is CC/C=C\C/C=C\C/C=C\C/C=C\C/C=C\C/C=C\CCCCCCC(=O)OCC(O)COC(OCC[N+](C)(C)C)C(=O)O. The van der Waals surface area contributed by atoms with Crippen molar-refractivity contribution >= 4 is 11.9 Å². The molecule has 0 aliphatic rings. The minimum Gasteiger partial charge on any atom is -0.477 e. The summed E-state index contributed by atoms with van der Waals surface area (Å²) in [6, 6.07) is 0. The zero-order valence-corrected chi connectivity index (χ0v) is 27.8. The largest absolute Gasteiger partial charge is 0.477 e. The van der Waals surface area contributed by atoms with Gasteiger partial charge in [-0.1, -0.05) is 92.7 Å². The molecule has 0 aliphatic heterocycles. The van der Waals surface area contributed by atoms with Crippen molar-refractivity contribution in [3.05, 3.63) is 72.9 Å². The number of nitrogens with zero attached hydrogens (tertiary/aromatic N) is 1. The summed E-state index contributed by atoms with van der Waals surface area (Å²) in [6.45, 7) is 2.41. The number of likely N-dealkylation sites (N-methyl/N-ethyl adjacent to an activating group) is 1. The van der Waals surface area contributed by atoms with Crippen molar-refractivity contribution in [3.8, 4) is 0 Å². The predicted octanol–water partition coefficient (Wildman–Crippen LogP) is 7.08. The summed E-state index contributed by atoms with van der Waals surface area (Å²) in [7, 11) is 5.89. The Bertz CT molecular complexity index is 897. The third-order valence-corrected chi connectivity index (χ3v) is 6.21. The maximum Gasteiger partial charge on any atom is 0.361 e. The Morgan fingerprint density at radius 1 is 0.682 bits per heavy atom. The first-order chi connectivity index (χ1) is 21.2. The van der Waals surface area contributed by atoms with Gasteiger partial charge in [-0.25, -0.2) is 4.79 Å². The zero-order chi connectivity index (χ0) is 32.7. The van der Waals surface area contributed by atoms with Gasteiger partial charge in [-0.05, 0) is 57.8 Å². The van der Waals surface area contributed by atoms with E-state index in [1.54, 1.807) is 0 Å². The highest BCUT2D eigenvalue weighted by Gasteiger charge is 2.22. The standard InChI is InChI=1S/C36H59NO7/c1-5-6-7-8-9-10-11-12-13-14-15-16-17-18-19-20-21-22-23-24-25-26-27-28-34(39)43-31-33(38)32-44-36(35(40)41)42-30-29-37(2,3)4/h6-7,9-10,12-13,15-16,18-19,21-22,33,36,38H,5,8,11,14,17,20,23-32H2,1-4H3/p+1/b7-6-,10-9-,13-12-,16-15-,19-18-,22-21-. The van der Waals surface area contributed by atoms with Gasteiger partial charge in [0.1, 0.15) is 19.3 Å². The molecule has 0 aromatic rings. The molecule has 250 valence electrons. The molecule has 0 saturated carbocycles. The predicted molar refractivity (Wildman–Crippen MR) is 179 cm³/mol. The van der Waals surface area contributed by atoms with Crippen LogP contribution in [0.15, 0.2) is 72.9 Å². The van der Waals surface area contributed by atoms with Crippen LogP contribution in [0.1, 0.15) is 84.0 Å². The van der Waals surface area contributed by atoms with Crippen LogP contribution in [0.5, 0.6) is 0 Å². The van der Waals surface area contributed by atoms with Crippen LogP contribution in [0, 0.1) is 0 Å². The molecule has 44 heavy (non-hydrogen) atoms. The molecule has 0 rings (SSSR count). The second-order valence-corrected chi connectivity index (χ2v) is 11.6. The molecule has 0 saturated heterocycles. The first kappa shape index (κ1) is 41.2. The third-order valence-electron chi connectivity index (χ3n) is 6.21. The molecule has 0 fully saturated rings. The van der Waals surface area contributed by atoms with Gasteiger partial charge in [0.2, 0.25) is 0 Å². The number of rotatable bonds is 28. The Kier molecular flexibility index (Phi) is 27.1. The van der Waals surface area contributed by atoms with E-state index in [0.717, 1.165) is 70.6 Å². The maximum atomic E-state index is 11.9. The van der Waals surface area contributed by atoms with Crippen LogP contribution in [0.25, 0.3) is 0 Å². The van der Waals surface area contributed by atoms with Crippen LogP contribution in [-0.2, 0) is 23.8 Å². The molecule has 0 aliphatic carbocycles. The lowest BCUT2D eigenvalue weighted by molar-refractivity contribution is -0.870. The van der Waals surface area contributed by atoms with Gasteiger partial charge in [0.25, 0.3) is 6.29 Å². The molecular formula is C36H60NO7+. The first-order valence-corrected chi connectivity index (χ1v) is 16.2. The number of esters is 1. The Balaban J connectivity index is 3.72. The molecule has 0 spiro atoms. The van der Waals surface area contributed by atoms with Gasteiger partial charge >= 0.3 is 11.9 Å². The molecule has 8 heteroatoms. The molecule has 0 radical (unpaired) electrons. The highest BCUT2D eigenvalue weighted by atomic mass is 16.7. The number of hydrogen-bond donors (Lipinski definition) is 2. The molecule has 2 N–H and O–H groups in total. The van der Waals surface area contributed by atoms with Crippen molar-refractivity contribution in [2.45, 2.75) is 96.4 Å². The second-order valence-electron chi connectivity index (χ2n) is 11.6. The second kappa shape index (κ2) is 29.0. The first-order valence-electron chi connectivity index (χ1n) is 16.2. The molecule has 0 aromatic heterocycles. The number of allylic oxidation sites excluding steroid dienone is 12. The summed E-state index contributed by atoms with van der Waals surface area (Å²) in [6.07, 6.45) is 34.9. The highest BCUT2D eigenvalue weighted by molar-refractivity contribution is 5.70. The number of carbonyl (C=O) groups is 2. The smallest absolute Gasteiger partial charge is 0.361 e. The van der Waals surface area contributed by atoms with Gasteiger partial charge in [0, 0.05) is 6.42 Å². The number of carboxylic acids is 1. The molecular weight excluding hydrogens is 558 g/mol. The Hall–Kier alpha value is -2.78. The monoisotopic (exact) mass is 618 g/mol. The van der Waals surface area contributed by atoms with E-state index in [0.29, 0.717) is 17.4 Å². The van der Waals surface area contributed by atoms with E-state index in [1.165, 1.54) is 0 Å². The lowest BCUT2D eigenvalue weighted by atomic mass is 10.1. The number of carbonyl (C=O) groups excluding carboxylic acids is 1. The van der Waals surface area contributed by atoms with Crippen molar-refractivity contribution in [3.63, 3.8) is 0 Å². The fourth-order valence-electron chi connectivity index (χ4n) is 3.66. The van der Waals surface area contributed by atoms with Gasteiger partial charge in [-0.3, -0.25) is 4.79 Å². The highest BCUT2D eigenvalue weighted by Crippen LogP contribution is 2.08. The zero-order valence-electron chi connectivity index (χ0n) is 27.8. The van der Waals surface area contributed by atoms with Crippen LogP contribution in [0.2, 0.25) is 0 Å². The number of hydrogen-bond acceptors (Lipinski definition) is 6. The molecule has 2 atom stereocenters. The Labute approximate surface area is 267 Å². The average molecular weight is 619 g/mol. The van der Waals surface area contributed by atoms with E-state index in [-0.39, 0.29) is 25.8 Å². The molecule has 0 aromatic carbocycles. The lowest BCUT2D eigenvalue weighted by Gasteiger charge is -2.24. The van der Waals surface area contributed by atoms with Crippen LogP contribution < -0.4 is 0 Å². The minimum absolute atomic E-state index is 0.201. The number of quaternary nitrogens is 1. The number of aliphatic carboxylic acids is 1. The van der Waals surface area contributed by atoms with Gasteiger partial charge in [-0.15, -0.1) is 0 Å². The fraction of sp³-hybridized carbons (Fsp3) is 0.611. The van der Waals surface area contributed by atoms with Crippen molar-refractivity contribution in [2.24, 2.45) is 0 Å². The number of ether oxygens (including phenoxy) is 3. The van der Waals surface area contributed by atoms with E-state index >= 15 is 0 Å². The Morgan fingerprint density at radius 2 is 1.18 bits per heavy atom. The molecule has 0 bridgehead atoms. The van der Waals surface area contributed by atoms with E-state index in [4.69, 9.17) is 14.2 Å². The molecule has 0 amide bonds.